The maximum absolute atomic E-state index is 13.0. The summed E-state index contributed by atoms with van der Waals surface area (Å²) in [4.78, 5) is 52.3. The third-order valence-electron chi connectivity index (χ3n) is 6.16. The molecule has 0 aliphatic carbocycles. The number of amides is 3. The molecule has 12 nitrogen and oxygen atoms in total. The number of rotatable bonds is 6. The van der Waals surface area contributed by atoms with Crippen molar-refractivity contribution < 1.29 is 24.2 Å². The van der Waals surface area contributed by atoms with Crippen LogP contribution in [0.1, 0.15) is 39.4 Å². The van der Waals surface area contributed by atoms with Crippen molar-refractivity contribution in [1.82, 2.24) is 24.8 Å². The van der Waals surface area contributed by atoms with Crippen LogP contribution in [0.2, 0.25) is 0 Å². The van der Waals surface area contributed by atoms with Gasteiger partial charge in [-0.05, 0) is 42.8 Å². The number of hydrogen-bond donors (Lipinski definition) is 5. The molecule has 1 aliphatic rings. The van der Waals surface area contributed by atoms with Crippen LogP contribution in [0, 0.1) is 6.92 Å². The van der Waals surface area contributed by atoms with Crippen LogP contribution in [0.25, 0.3) is 11.0 Å². The van der Waals surface area contributed by atoms with Crippen molar-refractivity contribution in [3.8, 4) is 5.75 Å². The number of para-hydroxylation sites is 2. The first-order valence-corrected chi connectivity index (χ1v) is 11.7. The second-order valence-electron chi connectivity index (χ2n) is 8.70. The zero-order valence-corrected chi connectivity index (χ0v) is 19.9. The molecule has 2 aromatic carbocycles. The minimum absolute atomic E-state index is 0.00302. The highest BCUT2D eigenvalue weighted by molar-refractivity contribution is 6.13. The van der Waals surface area contributed by atoms with Crippen LogP contribution in [0.3, 0.4) is 0 Å². The number of aromatic nitrogens is 4. The number of H-pyrrole nitrogens is 2. The van der Waals surface area contributed by atoms with Crippen molar-refractivity contribution in [2.24, 2.45) is 0 Å². The molecule has 190 valence electrons. The van der Waals surface area contributed by atoms with Crippen LogP contribution in [0.5, 0.6) is 5.75 Å². The molecule has 0 spiro atoms. The summed E-state index contributed by atoms with van der Waals surface area (Å²) in [6.07, 6.45) is 1.51. The third kappa shape index (κ3) is 5.22. The fourth-order valence-electron chi connectivity index (χ4n) is 4.21. The fourth-order valence-corrected chi connectivity index (χ4v) is 4.21. The smallest absolute Gasteiger partial charge is 0.407 e. The van der Waals surface area contributed by atoms with E-state index in [0.29, 0.717) is 42.9 Å². The van der Waals surface area contributed by atoms with Crippen molar-refractivity contribution in [2.75, 3.05) is 23.7 Å². The Labute approximate surface area is 211 Å². The highest BCUT2D eigenvalue weighted by Crippen LogP contribution is 2.25. The SMILES string of the molecule is Cc1cc(OC2CCN(C(=O)O)CC2)ccc1NC(=O)c1nc[nH]c1C(=O)Nc1nc2ccccc2[nH]1. The van der Waals surface area contributed by atoms with E-state index in [1.165, 1.54) is 11.2 Å². The number of hydrogen-bond acceptors (Lipinski definition) is 6. The lowest BCUT2D eigenvalue weighted by molar-refractivity contribution is 0.0893. The van der Waals surface area contributed by atoms with E-state index >= 15 is 0 Å². The van der Waals surface area contributed by atoms with E-state index in [4.69, 9.17) is 9.84 Å². The Balaban J connectivity index is 1.22. The molecule has 4 aromatic rings. The molecule has 1 saturated heterocycles. The van der Waals surface area contributed by atoms with Crippen molar-refractivity contribution in [3.05, 3.63) is 65.7 Å². The predicted octanol–water partition coefficient (Wildman–Crippen LogP) is 3.62. The standard InChI is InChI=1S/C25H25N7O5/c1-14-12-16(37-15-8-10-32(11-9-15)25(35)36)6-7-17(14)28-22(33)20-21(27-13-26-20)23(34)31-24-29-18-4-2-3-5-19(18)30-24/h2-7,12-13,15H,8-11H2,1H3,(H,26,27)(H,28,33)(H,35,36)(H2,29,30,31,34). The van der Waals surface area contributed by atoms with Crippen LogP contribution < -0.4 is 15.4 Å². The van der Waals surface area contributed by atoms with Crippen molar-refractivity contribution in [2.45, 2.75) is 25.9 Å². The van der Waals surface area contributed by atoms with Gasteiger partial charge in [-0.15, -0.1) is 0 Å². The quantitative estimate of drug-likeness (QED) is 0.268. The number of carbonyl (C=O) groups excluding carboxylic acids is 2. The first-order valence-electron chi connectivity index (χ1n) is 11.7. The van der Waals surface area contributed by atoms with Gasteiger partial charge in [0.1, 0.15) is 17.5 Å². The summed E-state index contributed by atoms with van der Waals surface area (Å²) in [6, 6.07) is 12.6. The average Bonchev–Trinajstić information content (AvgIpc) is 3.53. The van der Waals surface area contributed by atoms with E-state index in [1.807, 2.05) is 31.2 Å². The number of imidazole rings is 2. The molecule has 1 fully saturated rings. The normalized spacial score (nSPS) is 13.9. The molecule has 37 heavy (non-hydrogen) atoms. The van der Waals surface area contributed by atoms with Gasteiger partial charge in [0, 0.05) is 31.6 Å². The van der Waals surface area contributed by atoms with Gasteiger partial charge in [0.05, 0.1) is 17.4 Å². The van der Waals surface area contributed by atoms with Crippen LogP contribution >= 0.6 is 0 Å². The number of ether oxygens (including phenoxy) is 1. The van der Waals surface area contributed by atoms with Gasteiger partial charge >= 0.3 is 6.09 Å². The summed E-state index contributed by atoms with van der Waals surface area (Å²) >= 11 is 0. The molecule has 0 atom stereocenters. The number of nitrogens with zero attached hydrogens (tertiary/aromatic N) is 3. The number of benzene rings is 2. The zero-order valence-electron chi connectivity index (χ0n) is 19.9. The highest BCUT2D eigenvalue weighted by atomic mass is 16.5. The molecule has 0 saturated carbocycles. The topological polar surface area (TPSA) is 165 Å². The van der Waals surface area contributed by atoms with Gasteiger partial charge in [0.25, 0.3) is 11.8 Å². The number of anilines is 2. The number of aromatic amines is 2. The first-order chi connectivity index (χ1) is 17.9. The van der Waals surface area contributed by atoms with Gasteiger partial charge < -0.3 is 30.0 Å². The largest absolute Gasteiger partial charge is 0.490 e. The summed E-state index contributed by atoms with van der Waals surface area (Å²) < 4.78 is 6.01. The summed E-state index contributed by atoms with van der Waals surface area (Å²) in [6.45, 7) is 2.70. The van der Waals surface area contributed by atoms with E-state index in [0.717, 1.165) is 11.1 Å². The monoisotopic (exact) mass is 503 g/mol. The number of nitrogens with one attached hydrogen (secondary N) is 4. The lowest BCUT2D eigenvalue weighted by atomic mass is 10.1. The van der Waals surface area contributed by atoms with E-state index in [9.17, 15) is 14.4 Å². The Hall–Kier alpha value is -4.87. The summed E-state index contributed by atoms with van der Waals surface area (Å²) in [5.41, 5.74) is 2.73. The van der Waals surface area contributed by atoms with Crippen molar-refractivity contribution >= 4 is 40.6 Å². The molecule has 0 bridgehead atoms. The van der Waals surface area contributed by atoms with Gasteiger partial charge in [0.15, 0.2) is 5.69 Å². The Morgan fingerprint density at radius 2 is 1.86 bits per heavy atom. The van der Waals surface area contributed by atoms with Crippen LogP contribution in [-0.2, 0) is 0 Å². The van der Waals surface area contributed by atoms with Gasteiger partial charge in [0.2, 0.25) is 5.95 Å². The Morgan fingerprint density at radius 1 is 1.08 bits per heavy atom. The molecule has 5 N–H and O–H groups in total. The van der Waals surface area contributed by atoms with Gasteiger partial charge in [-0.25, -0.2) is 14.8 Å². The Morgan fingerprint density at radius 3 is 2.59 bits per heavy atom. The molecular weight excluding hydrogens is 478 g/mol. The summed E-state index contributed by atoms with van der Waals surface area (Å²) in [5, 5.41) is 14.5. The minimum atomic E-state index is -0.915. The fraction of sp³-hybridized carbons (Fsp3) is 0.240. The van der Waals surface area contributed by atoms with E-state index in [1.54, 1.807) is 18.2 Å². The van der Waals surface area contributed by atoms with Crippen LogP contribution in [0.15, 0.2) is 48.8 Å². The Bertz CT molecular complexity index is 1440. The van der Waals surface area contributed by atoms with E-state index < -0.39 is 17.9 Å². The highest BCUT2D eigenvalue weighted by Gasteiger charge is 2.24. The van der Waals surface area contributed by atoms with Crippen molar-refractivity contribution in [1.29, 1.82) is 0 Å². The molecule has 0 unspecified atom stereocenters. The number of carboxylic acid groups (broad SMARTS) is 1. The molecule has 12 heteroatoms. The lowest BCUT2D eigenvalue weighted by Gasteiger charge is -2.30. The van der Waals surface area contributed by atoms with Crippen LogP contribution in [-0.4, -0.2) is 67.0 Å². The third-order valence-corrected chi connectivity index (χ3v) is 6.16. The number of aryl methyl sites for hydroxylation is 1. The second-order valence-corrected chi connectivity index (χ2v) is 8.70. The molecule has 3 amide bonds. The number of likely N-dealkylation sites (tertiary alicyclic amines) is 1. The van der Waals surface area contributed by atoms with Gasteiger partial charge in [-0.1, -0.05) is 12.1 Å². The number of piperidine rings is 1. The summed E-state index contributed by atoms with van der Waals surface area (Å²) in [7, 11) is 0. The van der Waals surface area contributed by atoms with Crippen LogP contribution in [0.4, 0.5) is 16.4 Å². The molecule has 0 radical (unpaired) electrons. The van der Waals surface area contributed by atoms with Crippen molar-refractivity contribution in [3.63, 3.8) is 0 Å². The predicted molar refractivity (Wildman–Crippen MR) is 135 cm³/mol. The Kier molecular flexibility index (Phi) is 6.45. The molecule has 3 heterocycles. The molecule has 1 aliphatic heterocycles. The summed E-state index contributed by atoms with van der Waals surface area (Å²) in [5.74, 6) is -0.216. The van der Waals surface area contributed by atoms with Gasteiger partial charge in [-0.3, -0.25) is 14.9 Å². The minimum Gasteiger partial charge on any atom is -0.490 e. The number of fused-ring (bicyclic) bond motifs is 1. The van der Waals surface area contributed by atoms with Gasteiger partial charge in [-0.2, -0.15) is 0 Å². The van der Waals surface area contributed by atoms with E-state index in [-0.39, 0.29) is 23.4 Å². The molecule has 2 aromatic heterocycles. The second kappa shape index (κ2) is 10.0. The average molecular weight is 504 g/mol. The maximum atomic E-state index is 13.0. The number of carbonyl (C=O) groups is 3. The first kappa shape index (κ1) is 23.9. The molecular formula is C25H25N7O5. The van der Waals surface area contributed by atoms with E-state index in [2.05, 4.69) is 30.6 Å². The lowest BCUT2D eigenvalue weighted by Crippen LogP contribution is -2.41. The maximum Gasteiger partial charge on any atom is 0.407 e. The molecule has 5 rings (SSSR count). The zero-order chi connectivity index (χ0) is 25.9.